The van der Waals surface area contributed by atoms with Crippen LogP contribution in [0.25, 0.3) is 27.7 Å². The van der Waals surface area contributed by atoms with Gasteiger partial charge in [0.05, 0.1) is 45.0 Å². The van der Waals surface area contributed by atoms with Crippen molar-refractivity contribution in [3.63, 3.8) is 0 Å². The van der Waals surface area contributed by atoms with Crippen LogP contribution in [0.1, 0.15) is 37.5 Å². The van der Waals surface area contributed by atoms with Crippen LogP contribution in [0.5, 0.6) is 0 Å². The number of anilines is 8. The molecule has 0 aliphatic heterocycles. The zero-order chi connectivity index (χ0) is 45.6. The summed E-state index contributed by atoms with van der Waals surface area (Å²) in [6.07, 6.45) is 10.9. The number of nitrogen functional groups attached to an aromatic ring is 2. The van der Waals surface area contributed by atoms with Gasteiger partial charge in [-0.1, -0.05) is 83.9 Å². The molecule has 0 fully saturated rings. The monoisotopic (exact) mass is 909 g/mol. The molecule has 0 atom stereocenters. The summed E-state index contributed by atoms with van der Waals surface area (Å²) in [4.78, 5) is 54.0. The van der Waals surface area contributed by atoms with Gasteiger partial charge in [-0.05, 0) is 84.3 Å². The molecule has 0 unspecified atom stereocenters. The van der Waals surface area contributed by atoms with Gasteiger partial charge in [-0.3, -0.25) is 9.59 Å². The van der Waals surface area contributed by atoms with Crippen LogP contribution in [0.4, 0.5) is 46.3 Å². The summed E-state index contributed by atoms with van der Waals surface area (Å²) in [5.74, 6) is 0.932. The third-order valence-electron chi connectivity index (χ3n) is 10.3. The maximum atomic E-state index is 12.5. The van der Waals surface area contributed by atoms with Crippen LogP contribution >= 0.6 is 23.2 Å². The Balaban J connectivity index is 0.000000166. The average molecular weight is 911 g/mol. The molecule has 0 saturated heterocycles. The number of para-hydroxylation sites is 1. The van der Waals surface area contributed by atoms with Crippen LogP contribution in [0, 0.1) is 0 Å². The molecule has 66 heavy (non-hydrogen) atoms. The molecule has 17 heteroatoms. The van der Waals surface area contributed by atoms with E-state index in [-0.39, 0.29) is 11.8 Å². The first-order chi connectivity index (χ1) is 32.1. The third kappa shape index (κ3) is 9.77. The molecule has 0 saturated carbocycles. The number of carbonyl (C=O) groups excluding carboxylic acids is 2. The highest BCUT2D eigenvalue weighted by molar-refractivity contribution is 6.33. The van der Waals surface area contributed by atoms with E-state index < -0.39 is 0 Å². The first-order valence-corrected chi connectivity index (χ1v) is 21.1. The summed E-state index contributed by atoms with van der Waals surface area (Å²) >= 11 is 12.9. The number of benzene rings is 4. The second kappa shape index (κ2) is 19.0. The lowest BCUT2D eigenvalue weighted by Gasteiger charge is -2.11. The van der Waals surface area contributed by atoms with Gasteiger partial charge in [0.2, 0.25) is 11.9 Å². The molecule has 10 rings (SSSR count). The highest BCUT2D eigenvalue weighted by Gasteiger charge is 2.20. The number of nitrogens with zero attached hydrogens (tertiary/aromatic N) is 6. The number of nitrogens with one attached hydrogen (secondary N) is 5. The summed E-state index contributed by atoms with van der Waals surface area (Å²) in [7, 11) is 0. The Hall–Kier alpha value is -8.66. The largest absolute Gasteiger partial charge is 0.384 e. The number of nitrogens with two attached hydrogens (primary N) is 2. The van der Waals surface area contributed by atoms with Crippen LogP contribution in [0.15, 0.2) is 158 Å². The van der Waals surface area contributed by atoms with Crippen LogP contribution in [-0.4, -0.2) is 46.7 Å². The lowest BCUT2D eigenvalue weighted by molar-refractivity contribution is 0.101. The number of amides is 2. The number of allylic oxidation sites excluding steroid dienone is 1. The smallest absolute Gasteiger partial charge is 0.257 e. The van der Waals surface area contributed by atoms with Gasteiger partial charge in [0.1, 0.15) is 11.6 Å². The molecule has 9 N–H and O–H groups in total. The number of hydrogen-bond donors (Lipinski definition) is 7. The normalized spacial score (nSPS) is 11.5. The minimum atomic E-state index is -0.288. The minimum Gasteiger partial charge on any atom is -0.384 e. The fraction of sp³-hybridized carbons (Fsp3) is 0.0204. The molecule has 0 spiro atoms. The Bertz CT molecular complexity index is 3290. The van der Waals surface area contributed by atoms with Crippen molar-refractivity contribution in [2.75, 3.05) is 32.7 Å². The van der Waals surface area contributed by atoms with E-state index in [1.54, 1.807) is 60.9 Å². The highest BCUT2D eigenvalue weighted by atomic mass is 35.5. The number of H-pyrrole nitrogens is 1. The number of fused-ring (bicyclic) bond motifs is 2. The summed E-state index contributed by atoms with van der Waals surface area (Å²) in [6.45, 7) is 0. The SMILES string of the molecule is Nc1ccc(C(=O)Nc2cccc(Nc3ncc(Cl)c(-c4c[nH]c5ccccc45)n3)c2)cn1.Nc1ccc(C(=O)Nc2cccc(Nc3ncc(Cl)c(C4=CCc5ccccc54)n3)c2)cn1. The molecule has 1 aliphatic rings. The van der Waals surface area contributed by atoms with E-state index in [1.165, 1.54) is 18.0 Å². The Kier molecular flexibility index (Phi) is 12.3. The standard InChI is InChI=1S/C25H19ClN6O.C24H18ClN7O/c26-21-14-29-25(32-23(21)20-10-8-15-4-1-2-7-19(15)20)31-18-6-3-5-17(12-18)30-24(33)16-9-11-22(27)28-13-16;25-19-13-29-24(32-22(19)18-12-27-20-7-2-1-6-17(18)20)31-16-5-3-4-15(10-16)30-23(33)14-8-9-21(26)28-11-14/h1-7,9-14H,8H2,(H2,27,28)(H,30,33)(H,29,31,32);1-13,27H,(H2,26,28)(H,30,33)(H,29,31,32). The number of aromatic nitrogens is 7. The van der Waals surface area contributed by atoms with Crippen molar-refractivity contribution in [1.82, 2.24) is 34.9 Å². The summed E-state index contributed by atoms with van der Waals surface area (Å²) in [6, 6.07) is 37.1. The summed E-state index contributed by atoms with van der Waals surface area (Å²) in [5, 5.41) is 14.0. The first-order valence-electron chi connectivity index (χ1n) is 20.3. The number of aromatic amines is 1. The molecular formula is C49H37Cl2N13O2. The van der Waals surface area contributed by atoms with Crippen LogP contribution in [-0.2, 0) is 6.42 Å². The molecule has 0 radical (unpaired) electrons. The van der Waals surface area contributed by atoms with E-state index >= 15 is 0 Å². The second-order valence-electron chi connectivity index (χ2n) is 14.8. The molecule has 5 heterocycles. The molecule has 2 amide bonds. The van der Waals surface area contributed by atoms with E-state index in [9.17, 15) is 9.59 Å². The van der Waals surface area contributed by atoms with Gasteiger partial charge in [-0.15, -0.1) is 0 Å². The highest BCUT2D eigenvalue weighted by Crippen LogP contribution is 2.36. The first kappa shape index (κ1) is 42.6. The van der Waals surface area contributed by atoms with Crippen LogP contribution in [0.3, 0.4) is 0 Å². The van der Waals surface area contributed by atoms with Crippen molar-refractivity contribution >= 4 is 97.8 Å². The lowest BCUT2D eigenvalue weighted by Crippen LogP contribution is -2.12. The Morgan fingerprint density at radius 1 is 0.561 bits per heavy atom. The molecule has 1 aliphatic carbocycles. The molecule has 15 nitrogen and oxygen atoms in total. The summed E-state index contributed by atoms with van der Waals surface area (Å²) in [5.41, 5.74) is 21.2. The zero-order valence-electron chi connectivity index (χ0n) is 34.6. The summed E-state index contributed by atoms with van der Waals surface area (Å²) < 4.78 is 0. The molecular weight excluding hydrogens is 874 g/mol. The number of carbonyl (C=O) groups is 2. The fourth-order valence-electron chi connectivity index (χ4n) is 7.10. The molecule has 5 aromatic heterocycles. The van der Waals surface area contributed by atoms with E-state index in [0.717, 1.165) is 39.7 Å². The Labute approximate surface area is 387 Å². The molecule has 0 bridgehead atoms. The predicted octanol–water partition coefficient (Wildman–Crippen LogP) is 10.3. The quantitative estimate of drug-likeness (QED) is 0.0680. The van der Waals surface area contributed by atoms with E-state index in [2.05, 4.69) is 74.4 Å². The van der Waals surface area contributed by atoms with Gasteiger partial charge in [-0.2, -0.15) is 0 Å². The molecule has 324 valence electrons. The second-order valence-corrected chi connectivity index (χ2v) is 15.6. The van der Waals surface area contributed by atoms with E-state index in [1.807, 2.05) is 66.9 Å². The maximum absolute atomic E-state index is 12.5. The zero-order valence-corrected chi connectivity index (χ0v) is 36.1. The lowest BCUT2D eigenvalue weighted by atomic mass is 10.0. The van der Waals surface area contributed by atoms with Crippen molar-refractivity contribution in [2.24, 2.45) is 0 Å². The molecule has 4 aromatic carbocycles. The average Bonchev–Trinajstić information content (AvgIpc) is 3.96. The topological polar surface area (TPSA) is 227 Å². The third-order valence-corrected chi connectivity index (χ3v) is 10.8. The minimum absolute atomic E-state index is 0.281. The van der Waals surface area contributed by atoms with Gasteiger partial charge < -0.3 is 37.7 Å². The van der Waals surface area contributed by atoms with Crippen molar-refractivity contribution in [2.45, 2.75) is 6.42 Å². The number of hydrogen-bond acceptors (Lipinski definition) is 12. The van der Waals surface area contributed by atoms with E-state index in [0.29, 0.717) is 73.2 Å². The Morgan fingerprint density at radius 3 is 1.71 bits per heavy atom. The van der Waals surface area contributed by atoms with Crippen LogP contribution in [0.2, 0.25) is 10.0 Å². The number of pyridine rings is 2. The van der Waals surface area contributed by atoms with Crippen molar-refractivity contribution < 1.29 is 9.59 Å². The number of halogens is 2. The maximum Gasteiger partial charge on any atom is 0.257 e. The predicted molar refractivity (Wildman–Crippen MR) is 261 cm³/mol. The Morgan fingerprint density at radius 2 is 1.11 bits per heavy atom. The van der Waals surface area contributed by atoms with Gasteiger partial charge >= 0.3 is 0 Å². The van der Waals surface area contributed by atoms with Gasteiger partial charge in [0.25, 0.3) is 11.8 Å². The van der Waals surface area contributed by atoms with Gasteiger partial charge in [0.15, 0.2) is 0 Å². The van der Waals surface area contributed by atoms with Crippen molar-refractivity contribution in [3.8, 4) is 11.3 Å². The van der Waals surface area contributed by atoms with Crippen molar-refractivity contribution in [1.29, 1.82) is 0 Å². The van der Waals surface area contributed by atoms with Gasteiger partial charge in [0, 0.05) is 63.4 Å². The van der Waals surface area contributed by atoms with Crippen LogP contribution < -0.4 is 32.7 Å². The number of rotatable bonds is 10. The van der Waals surface area contributed by atoms with E-state index in [4.69, 9.17) is 34.7 Å². The molecule has 9 aromatic rings. The van der Waals surface area contributed by atoms with Crippen molar-refractivity contribution in [3.05, 3.63) is 196 Å². The fourth-order valence-corrected chi connectivity index (χ4v) is 7.49. The van der Waals surface area contributed by atoms with Gasteiger partial charge in [-0.25, -0.2) is 29.9 Å².